The SMILES string of the molecule is CC(C)N1C(=O)S/C(=C/c2cc(I)c(OCc3ccc(Br)cc3)c(I)c2)C1=O. The highest BCUT2D eigenvalue weighted by Crippen LogP contribution is 2.35. The zero-order valence-corrected chi connectivity index (χ0v) is 21.8. The van der Waals surface area contributed by atoms with E-state index in [1.54, 1.807) is 6.08 Å². The van der Waals surface area contributed by atoms with Gasteiger partial charge in [0.1, 0.15) is 12.4 Å². The topological polar surface area (TPSA) is 46.6 Å². The molecule has 146 valence electrons. The number of benzene rings is 2. The van der Waals surface area contributed by atoms with Crippen molar-refractivity contribution in [3.8, 4) is 5.75 Å². The molecule has 1 aliphatic rings. The lowest BCUT2D eigenvalue weighted by atomic mass is 10.2. The van der Waals surface area contributed by atoms with Crippen LogP contribution >= 0.6 is 72.9 Å². The fourth-order valence-electron chi connectivity index (χ4n) is 2.61. The van der Waals surface area contributed by atoms with Crippen LogP contribution in [0.3, 0.4) is 0 Å². The van der Waals surface area contributed by atoms with Crippen molar-refractivity contribution in [1.82, 2.24) is 4.90 Å². The summed E-state index contributed by atoms with van der Waals surface area (Å²) in [4.78, 5) is 26.3. The summed E-state index contributed by atoms with van der Waals surface area (Å²) in [5.41, 5.74) is 1.96. The highest BCUT2D eigenvalue weighted by atomic mass is 127. The molecule has 8 heteroatoms. The third kappa shape index (κ3) is 5.11. The summed E-state index contributed by atoms with van der Waals surface area (Å²) in [5, 5.41) is -0.218. The predicted molar refractivity (Wildman–Crippen MR) is 133 cm³/mol. The van der Waals surface area contributed by atoms with E-state index < -0.39 is 0 Å². The maximum absolute atomic E-state index is 12.5. The van der Waals surface area contributed by atoms with Gasteiger partial charge in [-0.1, -0.05) is 28.1 Å². The Morgan fingerprint density at radius 3 is 2.29 bits per heavy atom. The Labute approximate surface area is 203 Å². The Bertz CT molecular complexity index is 937. The van der Waals surface area contributed by atoms with Crippen LogP contribution in [0.1, 0.15) is 25.0 Å². The second-order valence-corrected chi connectivity index (χ2v) is 10.6. The van der Waals surface area contributed by atoms with Crippen molar-refractivity contribution in [2.45, 2.75) is 26.5 Å². The van der Waals surface area contributed by atoms with Crippen molar-refractivity contribution in [2.75, 3.05) is 0 Å². The number of nitrogens with zero attached hydrogens (tertiary/aromatic N) is 1. The summed E-state index contributed by atoms with van der Waals surface area (Å²) in [6, 6.07) is 11.8. The molecule has 0 aliphatic carbocycles. The largest absolute Gasteiger partial charge is 0.487 e. The number of amides is 2. The van der Waals surface area contributed by atoms with Gasteiger partial charge in [0.05, 0.1) is 12.0 Å². The lowest BCUT2D eigenvalue weighted by Gasteiger charge is -2.16. The Morgan fingerprint density at radius 2 is 1.75 bits per heavy atom. The number of rotatable bonds is 5. The zero-order chi connectivity index (χ0) is 20.4. The number of carbonyl (C=O) groups is 2. The molecule has 1 fully saturated rings. The van der Waals surface area contributed by atoms with Crippen LogP contribution < -0.4 is 4.74 Å². The van der Waals surface area contributed by atoms with Crippen molar-refractivity contribution in [2.24, 2.45) is 0 Å². The molecule has 28 heavy (non-hydrogen) atoms. The van der Waals surface area contributed by atoms with Gasteiger partial charge >= 0.3 is 0 Å². The van der Waals surface area contributed by atoms with Gasteiger partial charge in [-0.3, -0.25) is 14.5 Å². The van der Waals surface area contributed by atoms with Gasteiger partial charge in [0.25, 0.3) is 11.1 Å². The number of carbonyl (C=O) groups excluding carboxylic acids is 2. The zero-order valence-electron chi connectivity index (χ0n) is 15.0. The maximum Gasteiger partial charge on any atom is 0.293 e. The molecule has 0 N–H and O–H groups in total. The van der Waals surface area contributed by atoms with Crippen molar-refractivity contribution in [3.63, 3.8) is 0 Å². The summed E-state index contributed by atoms with van der Waals surface area (Å²) in [7, 11) is 0. The molecule has 0 bridgehead atoms. The molecule has 2 aromatic carbocycles. The number of hydrogen-bond donors (Lipinski definition) is 0. The van der Waals surface area contributed by atoms with Gasteiger partial charge in [0.15, 0.2) is 0 Å². The molecule has 4 nitrogen and oxygen atoms in total. The van der Waals surface area contributed by atoms with Gasteiger partial charge in [0, 0.05) is 10.5 Å². The van der Waals surface area contributed by atoms with Gasteiger partial charge in [-0.2, -0.15) is 0 Å². The van der Waals surface area contributed by atoms with Crippen molar-refractivity contribution >= 4 is 90.1 Å². The van der Waals surface area contributed by atoms with E-state index in [9.17, 15) is 9.59 Å². The second kappa shape index (κ2) is 9.48. The van der Waals surface area contributed by atoms with Crippen molar-refractivity contribution in [3.05, 3.63) is 64.0 Å². The first kappa shape index (κ1) is 22.1. The Balaban J connectivity index is 1.79. The second-order valence-electron chi connectivity index (χ2n) is 6.37. The lowest BCUT2D eigenvalue weighted by Crippen LogP contribution is -2.34. The average molecular weight is 684 g/mol. The number of hydrogen-bond acceptors (Lipinski definition) is 4. The highest BCUT2D eigenvalue weighted by molar-refractivity contribution is 14.1. The summed E-state index contributed by atoms with van der Waals surface area (Å²) >= 11 is 8.89. The standard InChI is InChI=1S/C20H16BrI2NO3S/c1-11(2)24-19(25)17(28-20(24)26)9-13-7-15(22)18(16(23)8-13)27-10-12-3-5-14(21)6-4-12/h3-9,11H,10H2,1-2H3/b17-9+. The van der Waals surface area contributed by atoms with Crippen molar-refractivity contribution < 1.29 is 14.3 Å². The van der Waals surface area contributed by atoms with E-state index in [0.717, 1.165) is 40.3 Å². The molecule has 0 atom stereocenters. The van der Waals surface area contributed by atoms with Gasteiger partial charge < -0.3 is 4.74 Å². The lowest BCUT2D eigenvalue weighted by molar-refractivity contribution is -0.123. The molecule has 3 rings (SSSR count). The predicted octanol–water partition coefficient (Wildman–Crippen LogP) is 6.68. The molecule has 0 unspecified atom stereocenters. The fraction of sp³-hybridized carbons (Fsp3) is 0.200. The third-order valence-electron chi connectivity index (χ3n) is 3.95. The molecule has 0 radical (unpaired) electrons. The molecule has 2 amide bonds. The Kier molecular flexibility index (Phi) is 7.48. The van der Waals surface area contributed by atoms with E-state index in [4.69, 9.17) is 4.74 Å². The van der Waals surface area contributed by atoms with Crippen molar-refractivity contribution in [1.29, 1.82) is 0 Å². The van der Waals surface area contributed by atoms with Crippen LogP contribution in [0.5, 0.6) is 5.75 Å². The van der Waals surface area contributed by atoms with E-state index in [2.05, 4.69) is 61.1 Å². The molecular weight excluding hydrogens is 668 g/mol. The van der Waals surface area contributed by atoms with E-state index in [0.29, 0.717) is 11.5 Å². The molecule has 0 saturated carbocycles. The van der Waals surface area contributed by atoms with Crippen LogP contribution in [0, 0.1) is 7.14 Å². The van der Waals surface area contributed by atoms with E-state index in [1.807, 2.05) is 50.2 Å². The minimum Gasteiger partial charge on any atom is -0.487 e. The van der Waals surface area contributed by atoms with Crippen LogP contribution in [0.2, 0.25) is 0 Å². The van der Waals surface area contributed by atoms with Crippen LogP contribution in [0.4, 0.5) is 4.79 Å². The minimum absolute atomic E-state index is 0.145. The summed E-state index contributed by atoms with van der Waals surface area (Å²) in [6.45, 7) is 4.15. The Hall–Kier alpha value is -0.590. The number of ether oxygens (including phenoxy) is 1. The quantitative estimate of drug-likeness (QED) is 0.261. The van der Waals surface area contributed by atoms with Gasteiger partial charge in [0.2, 0.25) is 0 Å². The van der Waals surface area contributed by atoms with E-state index in [1.165, 1.54) is 4.90 Å². The first-order chi connectivity index (χ1) is 13.3. The first-order valence-corrected chi connectivity index (χ1v) is 12.2. The number of thioether (sulfide) groups is 1. The molecular formula is C20H16BrI2NO3S. The monoisotopic (exact) mass is 683 g/mol. The van der Waals surface area contributed by atoms with Crippen LogP contribution in [-0.4, -0.2) is 22.1 Å². The Morgan fingerprint density at radius 1 is 1.14 bits per heavy atom. The van der Waals surface area contributed by atoms with E-state index >= 15 is 0 Å². The summed E-state index contributed by atoms with van der Waals surface area (Å²) in [5.74, 6) is 0.585. The summed E-state index contributed by atoms with van der Waals surface area (Å²) < 4.78 is 8.96. The number of halogens is 3. The van der Waals surface area contributed by atoms with Crippen LogP contribution in [0.15, 0.2) is 45.8 Å². The molecule has 1 saturated heterocycles. The van der Waals surface area contributed by atoms with Crippen LogP contribution in [-0.2, 0) is 11.4 Å². The smallest absolute Gasteiger partial charge is 0.293 e. The molecule has 2 aromatic rings. The molecule has 0 spiro atoms. The molecule has 0 aromatic heterocycles. The van der Waals surface area contributed by atoms with Crippen LogP contribution in [0.25, 0.3) is 6.08 Å². The molecule has 1 aliphatic heterocycles. The fourth-order valence-corrected chi connectivity index (χ4v) is 5.97. The third-order valence-corrected chi connectivity index (χ3v) is 6.97. The van der Waals surface area contributed by atoms with Gasteiger partial charge in [-0.15, -0.1) is 0 Å². The number of imide groups is 1. The van der Waals surface area contributed by atoms with Gasteiger partial charge in [-0.25, -0.2) is 0 Å². The van der Waals surface area contributed by atoms with Gasteiger partial charge in [-0.05, 0) is 112 Å². The van der Waals surface area contributed by atoms with E-state index in [-0.39, 0.29) is 17.2 Å². The molecule has 1 heterocycles. The first-order valence-electron chi connectivity index (χ1n) is 8.39. The maximum atomic E-state index is 12.5. The average Bonchev–Trinajstić information content (AvgIpc) is 2.89. The minimum atomic E-state index is -0.231. The highest BCUT2D eigenvalue weighted by Gasteiger charge is 2.36. The normalized spacial score (nSPS) is 15.8. The summed E-state index contributed by atoms with van der Waals surface area (Å²) in [6.07, 6.45) is 1.77.